The van der Waals surface area contributed by atoms with Crippen LogP contribution in [0, 0.1) is 0 Å². The van der Waals surface area contributed by atoms with Gasteiger partial charge in [-0.15, -0.1) is 0 Å². The van der Waals surface area contributed by atoms with Crippen molar-refractivity contribution in [2.75, 3.05) is 33.2 Å². The minimum absolute atomic E-state index is 0.523. The zero-order valence-electron chi connectivity index (χ0n) is 9.58. The van der Waals surface area contributed by atoms with Gasteiger partial charge < -0.3 is 4.90 Å². The largest absolute Gasteiger partial charge is 0.306 e. The molecular weight excluding hydrogens is 190 g/mol. The van der Waals surface area contributed by atoms with Crippen molar-refractivity contribution in [2.45, 2.75) is 31.3 Å². The first kappa shape index (κ1) is 11.3. The highest BCUT2D eigenvalue weighted by atomic mass is 15.5. The maximum Gasteiger partial charge on any atom is 0.0366 e. The first-order chi connectivity index (χ1) is 7.24. The fourth-order valence-corrected chi connectivity index (χ4v) is 2.29. The highest BCUT2D eigenvalue weighted by molar-refractivity contribution is 4.79. The number of rotatable bonds is 3. The molecule has 2 heterocycles. The highest BCUT2D eigenvalue weighted by Crippen LogP contribution is 2.08. The van der Waals surface area contributed by atoms with Gasteiger partial charge in [-0.05, 0) is 39.4 Å². The topological polar surface area (TPSA) is 56.6 Å². The summed E-state index contributed by atoms with van der Waals surface area (Å²) in [7, 11) is 2.19. The van der Waals surface area contributed by atoms with E-state index < -0.39 is 0 Å². The minimum Gasteiger partial charge on any atom is -0.306 e. The summed E-state index contributed by atoms with van der Waals surface area (Å²) in [6, 6.07) is 1.16. The van der Waals surface area contributed by atoms with Crippen molar-refractivity contribution in [3.63, 3.8) is 0 Å². The van der Waals surface area contributed by atoms with Crippen LogP contribution in [0.15, 0.2) is 0 Å². The Hall–Kier alpha value is -0.200. The van der Waals surface area contributed by atoms with Crippen LogP contribution in [-0.2, 0) is 0 Å². The minimum atomic E-state index is 0.523. The van der Waals surface area contributed by atoms with Gasteiger partial charge in [0.25, 0.3) is 0 Å². The molecule has 2 aliphatic heterocycles. The van der Waals surface area contributed by atoms with Crippen molar-refractivity contribution in [1.82, 2.24) is 20.8 Å². The molecule has 2 rings (SSSR count). The molecule has 0 aromatic carbocycles. The summed E-state index contributed by atoms with van der Waals surface area (Å²) in [5.74, 6) is 5.71. The Bertz CT molecular complexity index is 190. The lowest BCUT2D eigenvalue weighted by molar-refractivity contribution is 0.214. The quantitative estimate of drug-likeness (QED) is 0.420. The van der Waals surface area contributed by atoms with Crippen LogP contribution in [0.25, 0.3) is 0 Å². The van der Waals surface area contributed by atoms with E-state index in [0.717, 1.165) is 19.5 Å². The molecule has 2 saturated heterocycles. The second-order valence-corrected chi connectivity index (χ2v) is 4.85. The Balaban J connectivity index is 1.61. The van der Waals surface area contributed by atoms with Crippen molar-refractivity contribution < 1.29 is 0 Å². The van der Waals surface area contributed by atoms with Crippen molar-refractivity contribution in [3.8, 4) is 0 Å². The zero-order chi connectivity index (χ0) is 10.7. The van der Waals surface area contributed by atoms with Crippen molar-refractivity contribution in [1.29, 1.82) is 0 Å². The van der Waals surface area contributed by atoms with E-state index in [2.05, 4.69) is 22.8 Å². The predicted molar refractivity (Wildman–Crippen MR) is 61.0 cm³/mol. The number of hydrogen-bond acceptors (Lipinski definition) is 5. The maximum absolute atomic E-state index is 5.71. The molecule has 15 heavy (non-hydrogen) atoms. The van der Waals surface area contributed by atoms with Crippen LogP contribution in [0.3, 0.4) is 0 Å². The molecule has 1 atom stereocenters. The lowest BCUT2D eigenvalue weighted by Crippen LogP contribution is -2.51. The summed E-state index contributed by atoms with van der Waals surface area (Å²) in [4.78, 5) is 2.38. The van der Waals surface area contributed by atoms with E-state index in [0.29, 0.717) is 12.1 Å². The lowest BCUT2D eigenvalue weighted by atomic mass is 10.1. The second-order valence-electron chi connectivity index (χ2n) is 4.85. The fourth-order valence-electron chi connectivity index (χ4n) is 2.29. The molecule has 0 saturated carbocycles. The Kier molecular flexibility index (Phi) is 3.93. The number of piperidine rings is 1. The third-order valence-electron chi connectivity index (χ3n) is 3.43. The molecule has 88 valence electrons. The van der Waals surface area contributed by atoms with E-state index in [4.69, 9.17) is 5.84 Å². The number of likely N-dealkylation sites (tertiary alicyclic amines) is 1. The predicted octanol–water partition coefficient (Wildman–Crippen LogP) is -0.877. The molecule has 1 unspecified atom stereocenters. The lowest BCUT2D eigenvalue weighted by Gasteiger charge is -2.30. The summed E-state index contributed by atoms with van der Waals surface area (Å²) in [6.07, 6.45) is 3.63. The third-order valence-corrected chi connectivity index (χ3v) is 3.43. The van der Waals surface area contributed by atoms with Crippen LogP contribution in [0.4, 0.5) is 0 Å². The Morgan fingerprint density at radius 1 is 1.00 bits per heavy atom. The normalized spacial score (nSPS) is 31.2. The number of nitrogens with zero attached hydrogens (tertiary/aromatic N) is 2. The van der Waals surface area contributed by atoms with Crippen LogP contribution < -0.4 is 16.7 Å². The molecule has 0 spiro atoms. The van der Waals surface area contributed by atoms with Gasteiger partial charge in [0.15, 0.2) is 0 Å². The van der Waals surface area contributed by atoms with Crippen molar-refractivity contribution in [2.24, 2.45) is 5.84 Å². The van der Waals surface area contributed by atoms with Crippen LogP contribution in [0.5, 0.6) is 0 Å². The number of hydrogen-bond donors (Lipinski definition) is 3. The third kappa shape index (κ3) is 3.39. The molecular formula is C10H23N5. The van der Waals surface area contributed by atoms with E-state index in [-0.39, 0.29) is 0 Å². The van der Waals surface area contributed by atoms with Crippen LogP contribution >= 0.6 is 0 Å². The second kappa shape index (κ2) is 5.23. The first-order valence-electron chi connectivity index (χ1n) is 5.93. The van der Waals surface area contributed by atoms with E-state index in [1.807, 2.05) is 5.01 Å². The molecule has 2 aliphatic rings. The SMILES string of the molecule is CN1CCC(NNC2CCN(N)C2)CC1. The molecule has 0 amide bonds. The maximum atomic E-state index is 5.71. The molecule has 0 radical (unpaired) electrons. The summed E-state index contributed by atoms with van der Waals surface area (Å²) in [5, 5.41) is 1.88. The molecule has 0 aromatic heterocycles. The Morgan fingerprint density at radius 3 is 2.20 bits per heavy atom. The molecule has 5 nitrogen and oxygen atoms in total. The van der Waals surface area contributed by atoms with Gasteiger partial charge >= 0.3 is 0 Å². The van der Waals surface area contributed by atoms with Gasteiger partial charge in [-0.25, -0.2) is 5.01 Å². The van der Waals surface area contributed by atoms with Gasteiger partial charge in [0.05, 0.1) is 0 Å². The molecule has 0 bridgehead atoms. The Labute approximate surface area is 91.9 Å². The molecule has 2 fully saturated rings. The first-order valence-corrected chi connectivity index (χ1v) is 5.93. The average molecular weight is 213 g/mol. The summed E-state index contributed by atoms with van der Waals surface area (Å²) < 4.78 is 0. The molecule has 5 heteroatoms. The van der Waals surface area contributed by atoms with Gasteiger partial charge in [0.2, 0.25) is 0 Å². The fraction of sp³-hybridized carbons (Fsp3) is 1.00. The van der Waals surface area contributed by atoms with Gasteiger partial charge in [-0.1, -0.05) is 0 Å². The Morgan fingerprint density at radius 2 is 1.60 bits per heavy atom. The number of nitrogens with one attached hydrogen (secondary N) is 2. The molecule has 0 aliphatic carbocycles. The van der Waals surface area contributed by atoms with E-state index >= 15 is 0 Å². The van der Waals surface area contributed by atoms with Gasteiger partial charge in [-0.2, -0.15) is 0 Å². The molecule has 4 N–H and O–H groups in total. The van der Waals surface area contributed by atoms with Crippen molar-refractivity contribution in [3.05, 3.63) is 0 Å². The highest BCUT2D eigenvalue weighted by Gasteiger charge is 2.21. The zero-order valence-corrected chi connectivity index (χ0v) is 9.58. The number of hydrazine groups is 2. The smallest absolute Gasteiger partial charge is 0.0366 e. The van der Waals surface area contributed by atoms with E-state index in [1.54, 1.807) is 0 Å². The van der Waals surface area contributed by atoms with Gasteiger partial charge in [0.1, 0.15) is 0 Å². The van der Waals surface area contributed by atoms with Gasteiger partial charge in [-0.3, -0.25) is 16.7 Å². The average Bonchev–Trinajstić information content (AvgIpc) is 2.64. The molecule has 0 aromatic rings. The van der Waals surface area contributed by atoms with Gasteiger partial charge in [0, 0.05) is 25.2 Å². The van der Waals surface area contributed by atoms with E-state index in [1.165, 1.54) is 25.9 Å². The number of nitrogens with two attached hydrogens (primary N) is 1. The van der Waals surface area contributed by atoms with Crippen LogP contribution in [-0.4, -0.2) is 55.2 Å². The van der Waals surface area contributed by atoms with E-state index in [9.17, 15) is 0 Å². The van der Waals surface area contributed by atoms with Crippen molar-refractivity contribution >= 4 is 0 Å². The van der Waals surface area contributed by atoms with Crippen LogP contribution in [0.2, 0.25) is 0 Å². The standard InChI is InChI=1S/C10H23N5/c1-14-5-2-9(3-6-14)12-13-10-4-7-15(11)8-10/h9-10,12-13H,2-8,11H2,1H3. The summed E-state index contributed by atoms with van der Waals surface area (Å²) in [5.41, 5.74) is 6.85. The summed E-state index contributed by atoms with van der Waals surface area (Å²) in [6.45, 7) is 4.37. The van der Waals surface area contributed by atoms with Crippen LogP contribution in [0.1, 0.15) is 19.3 Å². The summed E-state index contributed by atoms with van der Waals surface area (Å²) >= 11 is 0. The monoisotopic (exact) mass is 213 g/mol.